The molecule has 96 valence electrons. The van der Waals surface area contributed by atoms with Crippen LogP contribution >= 0.6 is 27.3 Å². The van der Waals surface area contributed by atoms with Crippen LogP contribution < -0.4 is 5.32 Å². The normalized spacial score (nSPS) is 27.0. The fourth-order valence-corrected chi connectivity index (χ4v) is 4.63. The van der Waals surface area contributed by atoms with E-state index in [0.29, 0.717) is 6.04 Å². The van der Waals surface area contributed by atoms with Crippen LogP contribution in [0.4, 0.5) is 0 Å². The van der Waals surface area contributed by atoms with Crippen molar-refractivity contribution in [1.82, 2.24) is 5.32 Å². The zero-order chi connectivity index (χ0) is 12.3. The van der Waals surface area contributed by atoms with E-state index in [1.807, 2.05) is 11.3 Å². The van der Waals surface area contributed by atoms with Gasteiger partial charge < -0.3 is 5.32 Å². The third-order valence-corrected chi connectivity index (χ3v) is 5.84. The molecule has 1 atom stereocenters. The summed E-state index contributed by atoms with van der Waals surface area (Å²) in [4.78, 5) is 1.49. The highest BCUT2D eigenvalue weighted by Crippen LogP contribution is 2.40. The molecule has 0 saturated heterocycles. The molecule has 1 aliphatic carbocycles. The number of nitrogens with one attached hydrogen (secondary N) is 1. The molecule has 1 saturated carbocycles. The highest BCUT2D eigenvalue weighted by Gasteiger charge is 2.28. The lowest BCUT2D eigenvalue weighted by Gasteiger charge is -2.33. The molecule has 3 heteroatoms. The van der Waals surface area contributed by atoms with Gasteiger partial charge in [0.25, 0.3) is 0 Å². The van der Waals surface area contributed by atoms with E-state index < -0.39 is 0 Å². The molecule has 0 aliphatic heterocycles. The van der Waals surface area contributed by atoms with E-state index >= 15 is 0 Å². The molecule has 0 radical (unpaired) electrons. The Balaban J connectivity index is 2.09. The molecule has 1 heterocycles. The molecule has 0 amide bonds. The van der Waals surface area contributed by atoms with E-state index in [4.69, 9.17) is 0 Å². The molecule has 1 N–H and O–H groups in total. The average molecular weight is 316 g/mol. The zero-order valence-electron chi connectivity index (χ0n) is 10.7. The Labute approximate surface area is 117 Å². The molecular weight excluding hydrogens is 294 g/mol. The monoisotopic (exact) mass is 315 g/mol. The number of hydrogen-bond acceptors (Lipinski definition) is 2. The van der Waals surface area contributed by atoms with Gasteiger partial charge in [-0.1, -0.05) is 26.7 Å². The number of halogens is 1. The summed E-state index contributed by atoms with van der Waals surface area (Å²) >= 11 is 5.57. The summed E-state index contributed by atoms with van der Waals surface area (Å²) in [6.07, 6.45) is 5.55. The van der Waals surface area contributed by atoms with Gasteiger partial charge in [-0.2, -0.15) is 0 Å². The minimum atomic E-state index is 0.557. The maximum Gasteiger partial charge on any atom is 0.0454 e. The summed E-state index contributed by atoms with van der Waals surface area (Å²) in [5, 5.41) is 5.88. The fraction of sp³-hybridized carbons (Fsp3) is 0.714. The van der Waals surface area contributed by atoms with Crippen LogP contribution in [-0.4, -0.2) is 6.54 Å². The second kappa shape index (κ2) is 6.35. The molecular formula is C14H22BrNS. The van der Waals surface area contributed by atoms with Crippen LogP contribution in [0.5, 0.6) is 0 Å². The lowest BCUT2D eigenvalue weighted by molar-refractivity contribution is 0.235. The van der Waals surface area contributed by atoms with Gasteiger partial charge in [0.2, 0.25) is 0 Å². The van der Waals surface area contributed by atoms with Crippen molar-refractivity contribution in [2.75, 3.05) is 6.54 Å². The van der Waals surface area contributed by atoms with E-state index in [1.54, 1.807) is 0 Å². The summed E-state index contributed by atoms with van der Waals surface area (Å²) in [6, 6.07) is 2.73. The van der Waals surface area contributed by atoms with Gasteiger partial charge in [-0.05, 0) is 58.6 Å². The van der Waals surface area contributed by atoms with Gasteiger partial charge in [0.05, 0.1) is 0 Å². The number of rotatable bonds is 4. The molecule has 0 bridgehead atoms. The maximum absolute atomic E-state index is 3.69. The summed E-state index contributed by atoms with van der Waals surface area (Å²) in [5.74, 6) is 1.75. The summed E-state index contributed by atoms with van der Waals surface area (Å²) in [6.45, 7) is 5.65. The Hall–Kier alpha value is 0.140. The van der Waals surface area contributed by atoms with Crippen LogP contribution in [0.25, 0.3) is 0 Å². The highest BCUT2D eigenvalue weighted by atomic mass is 79.9. The smallest absolute Gasteiger partial charge is 0.0454 e. The van der Waals surface area contributed by atoms with Gasteiger partial charge in [0.1, 0.15) is 0 Å². The first-order chi connectivity index (χ1) is 8.22. The first kappa shape index (κ1) is 13.6. The Kier molecular flexibility index (Phi) is 5.07. The average Bonchev–Trinajstić information content (AvgIpc) is 2.74. The molecule has 1 nitrogen and oxygen atoms in total. The van der Waals surface area contributed by atoms with Gasteiger partial charge >= 0.3 is 0 Å². The van der Waals surface area contributed by atoms with Crippen molar-refractivity contribution < 1.29 is 0 Å². The highest BCUT2D eigenvalue weighted by molar-refractivity contribution is 9.10. The fourth-order valence-electron chi connectivity index (χ4n) is 2.84. The Morgan fingerprint density at radius 3 is 2.65 bits per heavy atom. The molecule has 1 unspecified atom stereocenters. The maximum atomic E-state index is 3.69. The van der Waals surface area contributed by atoms with Crippen LogP contribution in [0.1, 0.15) is 50.4 Å². The third kappa shape index (κ3) is 3.33. The van der Waals surface area contributed by atoms with Crippen molar-refractivity contribution in [3.05, 3.63) is 20.8 Å². The predicted octanol–water partition coefficient (Wildman–Crippen LogP) is 4.99. The van der Waals surface area contributed by atoms with Crippen LogP contribution in [0.2, 0.25) is 0 Å². The standard InChI is InChI=1S/C14H22BrNS/c1-3-16-13(14-12(15)8-9-17-14)11-6-4-10(2)5-7-11/h8-11,13,16H,3-7H2,1-2H3. The molecule has 1 aliphatic rings. The number of hydrogen-bond donors (Lipinski definition) is 1. The lowest BCUT2D eigenvalue weighted by Crippen LogP contribution is -2.30. The van der Waals surface area contributed by atoms with E-state index in [9.17, 15) is 0 Å². The topological polar surface area (TPSA) is 12.0 Å². The summed E-state index contributed by atoms with van der Waals surface area (Å²) in [7, 11) is 0. The van der Waals surface area contributed by atoms with Gasteiger partial charge in [-0.15, -0.1) is 11.3 Å². The molecule has 1 aromatic heterocycles. The van der Waals surface area contributed by atoms with Crippen molar-refractivity contribution in [1.29, 1.82) is 0 Å². The second-order valence-electron chi connectivity index (χ2n) is 5.19. The van der Waals surface area contributed by atoms with Crippen molar-refractivity contribution >= 4 is 27.3 Å². The second-order valence-corrected chi connectivity index (χ2v) is 6.99. The molecule has 0 spiro atoms. The van der Waals surface area contributed by atoms with Gasteiger partial charge in [0, 0.05) is 15.4 Å². The van der Waals surface area contributed by atoms with Crippen molar-refractivity contribution in [2.45, 2.75) is 45.6 Å². The predicted molar refractivity (Wildman–Crippen MR) is 79.6 cm³/mol. The Bertz CT molecular complexity index is 342. The van der Waals surface area contributed by atoms with E-state index in [0.717, 1.165) is 18.4 Å². The van der Waals surface area contributed by atoms with Crippen molar-refractivity contribution in [3.63, 3.8) is 0 Å². The first-order valence-corrected chi connectivity index (χ1v) is 8.36. The molecule has 1 aromatic rings. The van der Waals surface area contributed by atoms with Gasteiger partial charge in [0.15, 0.2) is 0 Å². The Morgan fingerprint density at radius 2 is 2.12 bits per heavy atom. The Morgan fingerprint density at radius 1 is 1.41 bits per heavy atom. The lowest BCUT2D eigenvalue weighted by atomic mass is 9.79. The zero-order valence-corrected chi connectivity index (χ0v) is 13.1. The molecule has 1 fully saturated rings. The van der Waals surface area contributed by atoms with E-state index in [1.165, 1.54) is 35.0 Å². The molecule has 17 heavy (non-hydrogen) atoms. The van der Waals surface area contributed by atoms with Crippen molar-refractivity contribution in [2.24, 2.45) is 11.8 Å². The van der Waals surface area contributed by atoms with Crippen LogP contribution in [-0.2, 0) is 0 Å². The van der Waals surface area contributed by atoms with E-state index in [-0.39, 0.29) is 0 Å². The summed E-state index contributed by atoms with van der Waals surface area (Å²) in [5.41, 5.74) is 0. The van der Waals surface area contributed by atoms with Gasteiger partial charge in [-0.25, -0.2) is 0 Å². The molecule has 2 rings (SSSR count). The minimum Gasteiger partial charge on any atom is -0.309 e. The van der Waals surface area contributed by atoms with Crippen LogP contribution in [0.3, 0.4) is 0 Å². The van der Waals surface area contributed by atoms with Gasteiger partial charge in [-0.3, -0.25) is 0 Å². The third-order valence-electron chi connectivity index (χ3n) is 3.88. The minimum absolute atomic E-state index is 0.557. The van der Waals surface area contributed by atoms with Crippen LogP contribution in [0.15, 0.2) is 15.9 Å². The summed E-state index contributed by atoms with van der Waals surface area (Å²) < 4.78 is 1.28. The number of thiophene rings is 1. The first-order valence-electron chi connectivity index (χ1n) is 6.68. The largest absolute Gasteiger partial charge is 0.309 e. The van der Waals surface area contributed by atoms with Crippen LogP contribution in [0, 0.1) is 11.8 Å². The van der Waals surface area contributed by atoms with Crippen molar-refractivity contribution in [3.8, 4) is 0 Å². The van der Waals surface area contributed by atoms with E-state index in [2.05, 4.69) is 46.5 Å². The molecule has 0 aromatic carbocycles. The SMILES string of the molecule is CCNC(c1sccc1Br)C1CCC(C)CC1. The quantitative estimate of drug-likeness (QED) is 0.825.